The first-order chi connectivity index (χ1) is 5.37. The number of hydrogen-bond acceptors (Lipinski definition) is 3. The zero-order valence-corrected chi connectivity index (χ0v) is 8.39. The third-order valence-corrected chi connectivity index (χ3v) is 2.14. The number of phosphoric ester groups is 1. The van der Waals surface area contributed by atoms with Crippen molar-refractivity contribution in [3.63, 3.8) is 0 Å². The smallest absolute Gasteiger partial charge is 0.302 e. The quantitative estimate of drug-likeness (QED) is 0.569. The van der Waals surface area contributed by atoms with Crippen molar-refractivity contribution in [2.75, 3.05) is 5.88 Å². The zero-order chi connectivity index (χ0) is 9.78. The monoisotopic (exact) mass is 220 g/mol. The molecule has 0 bridgehead atoms. The van der Waals surface area contributed by atoms with Gasteiger partial charge in [0.05, 0.1) is 12.0 Å². The first-order valence-corrected chi connectivity index (χ1v) is 5.30. The number of rotatable bonds is 5. The molecular weight excluding hydrogens is 209 g/mol. The van der Waals surface area contributed by atoms with Gasteiger partial charge in [0.25, 0.3) is 0 Å². The molecule has 12 heavy (non-hydrogen) atoms. The Hall–Kier alpha value is 0.330. The number of phosphoric acid groups is 1. The van der Waals surface area contributed by atoms with Crippen LogP contribution in [0, 0.1) is 0 Å². The fourth-order valence-corrected chi connectivity index (χ4v) is 1.56. The highest BCUT2D eigenvalue weighted by Gasteiger charge is 2.27. The lowest BCUT2D eigenvalue weighted by Crippen LogP contribution is -2.10. The van der Waals surface area contributed by atoms with E-state index in [1.165, 1.54) is 13.8 Å². The Morgan fingerprint density at radius 3 is 2.42 bits per heavy atom. The molecule has 2 unspecified atom stereocenters. The van der Waals surface area contributed by atoms with Crippen molar-refractivity contribution >= 4 is 19.4 Å². The van der Waals surface area contributed by atoms with Crippen LogP contribution in [-0.4, -0.2) is 23.2 Å². The highest BCUT2D eigenvalue weighted by Crippen LogP contribution is 2.45. The maximum Gasteiger partial charge on any atom is 0.475 e. The molecule has 7 heteroatoms. The maximum absolute atomic E-state index is 12.3. The van der Waals surface area contributed by atoms with Gasteiger partial charge < -0.3 is 4.89 Å². The Morgan fingerprint density at radius 2 is 2.08 bits per heavy atom. The summed E-state index contributed by atoms with van der Waals surface area (Å²) in [7, 11) is -4.28. The van der Waals surface area contributed by atoms with Crippen LogP contribution < -0.4 is 0 Å². The van der Waals surface area contributed by atoms with Crippen LogP contribution >= 0.6 is 19.4 Å². The van der Waals surface area contributed by atoms with Gasteiger partial charge in [-0.25, -0.2) is 8.96 Å². The average molecular weight is 221 g/mol. The third kappa shape index (κ3) is 5.91. The van der Waals surface area contributed by atoms with E-state index in [1.807, 2.05) is 0 Å². The molecule has 0 radical (unpaired) electrons. The van der Waals surface area contributed by atoms with Gasteiger partial charge in [-0.2, -0.15) is 0 Å². The van der Waals surface area contributed by atoms with Crippen molar-refractivity contribution in [3.8, 4) is 0 Å². The molecule has 0 fully saturated rings. The van der Waals surface area contributed by atoms with E-state index < -0.39 is 26.2 Å². The molecule has 0 saturated carbocycles. The van der Waals surface area contributed by atoms with Gasteiger partial charge in [0.2, 0.25) is 6.36 Å². The molecule has 0 aliphatic rings. The van der Waals surface area contributed by atoms with Crippen LogP contribution in [0.5, 0.6) is 0 Å². The summed E-state index contributed by atoms with van der Waals surface area (Å²) >= 11 is 5.01. The van der Waals surface area contributed by atoms with Crippen molar-refractivity contribution in [2.45, 2.75) is 26.3 Å². The molecule has 0 aromatic carbocycles. The van der Waals surface area contributed by atoms with E-state index in [0.29, 0.717) is 0 Å². The second-order valence-electron chi connectivity index (χ2n) is 2.29. The van der Waals surface area contributed by atoms with E-state index in [4.69, 9.17) is 16.5 Å². The average Bonchev–Trinajstić information content (AvgIpc) is 1.83. The summed E-state index contributed by atoms with van der Waals surface area (Å²) in [5, 5.41) is 0. The second-order valence-corrected chi connectivity index (χ2v) is 3.96. The highest BCUT2D eigenvalue weighted by atomic mass is 35.5. The molecule has 0 heterocycles. The van der Waals surface area contributed by atoms with Crippen LogP contribution in [0.15, 0.2) is 0 Å². The Balaban J connectivity index is 3.95. The molecular formula is C5H11ClFO4P. The minimum Gasteiger partial charge on any atom is -0.302 e. The molecule has 0 spiro atoms. The van der Waals surface area contributed by atoms with Crippen LogP contribution in [-0.2, 0) is 13.6 Å². The first kappa shape index (κ1) is 12.3. The lowest BCUT2D eigenvalue weighted by Gasteiger charge is -2.15. The van der Waals surface area contributed by atoms with E-state index in [9.17, 15) is 8.96 Å². The summed E-state index contributed by atoms with van der Waals surface area (Å²) in [6.07, 6.45) is -2.50. The highest BCUT2D eigenvalue weighted by molar-refractivity contribution is 7.47. The maximum atomic E-state index is 12.3. The Bertz CT molecular complexity index is 177. The van der Waals surface area contributed by atoms with E-state index in [2.05, 4.69) is 9.05 Å². The molecule has 0 aliphatic carbocycles. The predicted octanol–water partition coefficient (Wildman–Crippen LogP) is 2.06. The van der Waals surface area contributed by atoms with Crippen LogP contribution in [0.1, 0.15) is 13.8 Å². The van der Waals surface area contributed by atoms with Crippen molar-refractivity contribution in [1.29, 1.82) is 0 Å². The van der Waals surface area contributed by atoms with Gasteiger partial charge in [0.1, 0.15) is 0 Å². The number of halogens is 2. The number of hydrogen-bond donors (Lipinski definition) is 1. The Morgan fingerprint density at radius 1 is 1.58 bits per heavy atom. The molecule has 2 atom stereocenters. The van der Waals surface area contributed by atoms with Gasteiger partial charge in [-0.15, -0.1) is 11.6 Å². The molecule has 74 valence electrons. The summed E-state index contributed by atoms with van der Waals surface area (Å²) in [6.45, 7) is 3.06. The topological polar surface area (TPSA) is 55.8 Å². The molecule has 4 nitrogen and oxygen atoms in total. The zero-order valence-electron chi connectivity index (χ0n) is 6.74. The molecule has 0 aromatic heterocycles. The molecule has 1 N–H and O–H groups in total. The third-order valence-electron chi connectivity index (χ3n) is 0.713. The van der Waals surface area contributed by atoms with Crippen LogP contribution in [0.3, 0.4) is 0 Å². The number of alkyl halides is 2. The summed E-state index contributed by atoms with van der Waals surface area (Å²) in [5.74, 6) is -0.508. The predicted molar refractivity (Wildman–Crippen MR) is 42.7 cm³/mol. The lowest BCUT2D eigenvalue weighted by molar-refractivity contribution is 0.0304. The van der Waals surface area contributed by atoms with Crippen LogP contribution in [0.4, 0.5) is 4.39 Å². The van der Waals surface area contributed by atoms with E-state index >= 15 is 0 Å². The molecule has 0 aliphatic heterocycles. The van der Waals surface area contributed by atoms with Crippen molar-refractivity contribution < 1.29 is 22.9 Å². The van der Waals surface area contributed by atoms with Crippen LogP contribution in [0.2, 0.25) is 0 Å². The van der Waals surface area contributed by atoms with Gasteiger partial charge in [-0.1, -0.05) is 0 Å². The molecule has 0 saturated heterocycles. The molecule has 0 aromatic rings. The standard InChI is InChI=1S/C5H11ClFO4P/c1-4(2)10-12(8,9)11-5(7)3-6/h4-5H,3H2,1-2H3,(H,8,9). The Kier molecular flexibility index (Phi) is 5.29. The first-order valence-electron chi connectivity index (χ1n) is 3.27. The largest absolute Gasteiger partial charge is 0.475 e. The SMILES string of the molecule is CC(C)OP(=O)(O)OC(F)CCl. The van der Waals surface area contributed by atoms with Crippen molar-refractivity contribution in [1.82, 2.24) is 0 Å². The fourth-order valence-electron chi connectivity index (χ4n) is 0.464. The van der Waals surface area contributed by atoms with Crippen LogP contribution in [0.25, 0.3) is 0 Å². The van der Waals surface area contributed by atoms with Gasteiger partial charge in [-0.3, -0.25) is 9.05 Å². The minimum atomic E-state index is -4.28. The van der Waals surface area contributed by atoms with Gasteiger partial charge in [-0.05, 0) is 13.8 Å². The van der Waals surface area contributed by atoms with Crippen molar-refractivity contribution in [3.05, 3.63) is 0 Å². The summed E-state index contributed by atoms with van der Waals surface area (Å²) in [4.78, 5) is 8.80. The normalized spacial score (nSPS) is 19.2. The van der Waals surface area contributed by atoms with Gasteiger partial charge in [0.15, 0.2) is 0 Å². The van der Waals surface area contributed by atoms with E-state index in [0.717, 1.165) is 0 Å². The minimum absolute atomic E-state index is 0.508. The van der Waals surface area contributed by atoms with Gasteiger partial charge in [0, 0.05) is 0 Å². The summed E-state index contributed by atoms with van der Waals surface area (Å²) in [5.41, 5.74) is 0. The van der Waals surface area contributed by atoms with Crippen molar-refractivity contribution in [2.24, 2.45) is 0 Å². The van der Waals surface area contributed by atoms with Gasteiger partial charge >= 0.3 is 7.82 Å². The Labute approximate surface area is 75.2 Å². The second kappa shape index (κ2) is 5.14. The summed E-state index contributed by atoms with van der Waals surface area (Å²) < 4.78 is 31.5. The van der Waals surface area contributed by atoms with E-state index in [1.54, 1.807) is 0 Å². The molecule has 0 rings (SSSR count). The summed E-state index contributed by atoms with van der Waals surface area (Å²) in [6, 6.07) is 0. The molecule has 0 amide bonds. The lowest BCUT2D eigenvalue weighted by atomic mass is 10.5. The van der Waals surface area contributed by atoms with E-state index in [-0.39, 0.29) is 0 Å². The fraction of sp³-hybridized carbons (Fsp3) is 1.00.